The van der Waals surface area contributed by atoms with Gasteiger partial charge in [0.15, 0.2) is 0 Å². The molecule has 0 heterocycles. The third-order valence-corrected chi connectivity index (χ3v) is 6.99. The highest BCUT2D eigenvalue weighted by atomic mass is 35.5. The minimum absolute atomic E-state index is 0.0160. The van der Waals surface area contributed by atoms with E-state index >= 15 is 0 Å². The molecule has 3 rings (SSSR count). The van der Waals surface area contributed by atoms with E-state index in [9.17, 15) is 5.11 Å². The van der Waals surface area contributed by atoms with Crippen LogP contribution in [-0.2, 0) is 18.4 Å². The van der Waals surface area contributed by atoms with Gasteiger partial charge in [-0.1, -0.05) is 74.8 Å². The quantitative estimate of drug-likeness (QED) is 0.368. The van der Waals surface area contributed by atoms with E-state index in [2.05, 4.69) is 95.0 Å². The predicted molar refractivity (Wildman–Crippen MR) is 147 cm³/mol. The van der Waals surface area contributed by atoms with Gasteiger partial charge >= 0.3 is 0 Å². The first-order valence-corrected chi connectivity index (χ1v) is 12.7. The topological polar surface area (TPSA) is 23.5 Å². The minimum atomic E-state index is -0.0292. The summed E-state index contributed by atoms with van der Waals surface area (Å²) < 4.78 is 0. The molecule has 0 saturated carbocycles. The van der Waals surface area contributed by atoms with Crippen molar-refractivity contribution in [3.8, 4) is 16.9 Å². The normalized spacial score (nSPS) is 12.4. The zero-order valence-corrected chi connectivity index (χ0v) is 22.6. The third-order valence-electron chi connectivity index (χ3n) is 6.57. The van der Waals surface area contributed by atoms with Crippen LogP contribution in [0.4, 0.5) is 0 Å². The average Bonchev–Trinajstić information content (AvgIpc) is 2.75. The molecule has 0 aliphatic rings. The third kappa shape index (κ3) is 6.64. The highest BCUT2D eigenvalue weighted by Crippen LogP contribution is 2.39. The van der Waals surface area contributed by atoms with Gasteiger partial charge in [-0.3, -0.25) is 4.90 Å². The number of rotatable bonds is 7. The molecule has 0 spiro atoms. The van der Waals surface area contributed by atoms with Gasteiger partial charge in [-0.15, -0.1) is 0 Å². The van der Waals surface area contributed by atoms with E-state index in [1.54, 1.807) is 0 Å². The van der Waals surface area contributed by atoms with E-state index in [1.165, 1.54) is 11.1 Å². The second-order valence-electron chi connectivity index (χ2n) is 11.4. The SMILES string of the molecule is Cc1cc(-c2cc(C(C)(C)C)cc(CN(CCCc3ccccc3)C(C)(C)C)c2O)ccc1Cl. The number of nitrogens with zero attached hydrogens (tertiary/aromatic N) is 1. The van der Waals surface area contributed by atoms with Gasteiger partial charge in [0, 0.05) is 28.2 Å². The number of benzene rings is 3. The fourth-order valence-electron chi connectivity index (χ4n) is 4.26. The zero-order chi connectivity index (χ0) is 25.1. The Kier molecular flexibility index (Phi) is 8.16. The Morgan fingerprint density at radius 1 is 0.882 bits per heavy atom. The van der Waals surface area contributed by atoms with Crippen molar-refractivity contribution in [2.24, 2.45) is 0 Å². The molecule has 0 aliphatic carbocycles. The summed E-state index contributed by atoms with van der Waals surface area (Å²) in [5.74, 6) is 0.368. The van der Waals surface area contributed by atoms with Crippen LogP contribution in [0.2, 0.25) is 5.02 Å². The highest BCUT2D eigenvalue weighted by molar-refractivity contribution is 6.31. The van der Waals surface area contributed by atoms with Crippen LogP contribution in [0.5, 0.6) is 5.75 Å². The second-order valence-corrected chi connectivity index (χ2v) is 11.8. The predicted octanol–water partition coefficient (Wildman–Crippen LogP) is 8.55. The molecule has 0 aromatic heterocycles. The summed E-state index contributed by atoms with van der Waals surface area (Å²) in [6.07, 6.45) is 2.13. The molecule has 3 heteroatoms. The lowest BCUT2D eigenvalue weighted by Gasteiger charge is -2.36. The summed E-state index contributed by atoms with van der Waals surface area (Å²) in [7, 11) is 0. The maximum Gasteiger partial charge on any atom is 0.127 e. The van der Waals surface area contributed by atoms with E-state index in [1.807, 2.05) is 19.1 Å². The molecule has 34 heavy (non-hydrogen) atoms. The first-order valence-electron chi connectivity index (χ1n) is 12.3. The number of phenolic OH excluding ortho intramolecular Hbond substituents is 1. The molecule has 0 amide bonds. The summed E-state index contributed by atoms with van der Waals surface area (Å²) in [4.78, 5) is 2.48. The monoisotopic (exact) mass is 477 g/mol. The van der Waals surface area contributed by atoms with Crippen LogP contribution in [0.3, 0.4) is 0 Å². The van der Waals surface area contributed by atoms with Crippen molar-refractivity contribution in [1.82, 2.24) is 4.90 Å². The van der Waals surface area contributed by atoms with Crippen molar-refractivity contribution in [3.05, 3.63) is 87.9 Å². The van der Waals surface area contributed by atoms with Crippen molar-refractivity contribution in [2.75, 3.05) is 6.54 Å². The average molecular weight is 478 g/mol. The Labute approximate surface area is 211 Å². The molecule has 3 aromatic rings. The Morgan fingerprint density at radius 2 is 1.56 bits per heavy atom. The summed E-state index contributed by atoms with van der Waals surface area (Å²) in [5.41, 5.74) is 6.41. The summed E-state index contributed by atoms with van der Waals surface area (Å²) in [5, 5.41) is 12.2. The van der Waals surface area contributed by atoms with Crippen LogP contribution in [0.1, 0.15) is 70.2 Å². The number of aryl methyl sites for hydroxylation is 2. The maximum atomic E-state index is 11.5. The minimum Gasteiger partial charge on any atom is -0.507 e. The first kappa shape index (κ1) is 26.3. The fraction of sp³-hybridized carbons (Fsp3) is 0.419. The molecule has 1 N–H and O–H groups in total. The molecule has 0 aliphatic heterocycles. The van der Waals surface area contributed by atoms with Crippen LogP contribution in [-0.4, -0.2) is 22.1 Å². The zero-order valence-electron chi connectivity index (χ0n) is 21.9. The standard InChI is InChI=1S/C31H40ClNO/c1-22-18-24(15-16-28(22)32)27-20-26(30(2,3)4)19-25(29(27)34)21-33(31(5,6)7)17-11-14-23-12-9-8-10-13-23/h8-10,12-13,15-16,18-20,34H,11,14,17,21H2,1-7H3. The Morgan fingerprint density at radius 3 is 2.15 bits per heavy atom. The number of aromatic hydroxyl groups is 1. The lowest BCUT2D eigenvalue weighted by atomic mass is 9.83. The maximum absolute atomic E-state index is 11.5. The van der Waals surface area contributed by atoms with Gasteiger partial charge in [0.25, 0.3) is 0 Å². The number of hydrogen-bond acceptors (Lipinski definition) is 2. The largest absolute Gasteiger partial charge is 0.507 e. The van der Waals surface area contributed by atoms with Crippen molar-refractivity contribution >= 4 is 11.6 Å². The van der Waals surface area contributed by atoms with Gasteiger partial charge in [0.1, 0.15) is 5.75 Å². The van der Waals surface area contributed by atoms with Crippen LogP contribution in [0.25, 0.3) is 11.1 Å². The van der Waals surface area contributed by atoms with Crippen molar-refractivity contribution in [3.63, 3.8) is 0 Å². The van der Waals surface area contributed by atoms with Crippen LogP contribution in [0.15, 0.2) is 60.7 Å². The van der Waals surface area contributed by atoms with Crippen LogP contribution >= 0.6 is 11.6 Å². The molecule has 182 valence electrons. The molecule has 0 bridgehead atoms. The summed E-state index contributed by atoms with van der Waals surface area (Å²) in [6, 6.07) is 21.0. The summed E-state index contributed by atoms with van der Waals surface area (Å²) >= 11 is 6.29. The van der Waals surface area contributed by atoms with E-state index in [0.717, 1.165) is 46.7 Å². The molecular formula is C31H40ClNO. The molecule has 0 radical (unpaired) electrons. The molecular weight excluding hydrogens is 438 g/mol. The molecule has 0 atom stereocenters. The molecule has 3 aromatic carbocycles. The van der Waals surface area contributed by atoms with E-state index in [0.29, 0.717) is 12.3 Å². The van der Waals surface area contributed by atoms with Crippen molar-refractivity contribution in [1.29, 1.82) is 0 Å². The Balaban J connectivity index is 1.95. The fourth-order valence-corrected chi connectivity index (χ4v) is 4.37. The van der Waals surface area contributed by atoms with Crippen LogP contribution in [0, 0.1) is 6.92 Å². The van der Waals surface area contributed by atoms with Crippen molar-refractivity contribution in [2.45, 2.75) is 78.8 Å². The van der Waals surface area contributed by atoms with Gasteiger partial charge in [0.05, 0.1) is 0 Å². The summed E-state index contributed by atoms with van der Waals surface area (Å²) in [6.45, 7) is 17.1. The molecule has 0 saturated heterocycles. The number of hydrogen-bond donors (Lipinski definition) is 1. The lowest BCUT2D eigenvalue weighted by molar-refractivity contribution is 0.125. The van der Waals surface area contributed by atoms with Crippen LogP contribution < -0.4 is 0 Å². The smallest absolute Gasteiger partial charge is 0.127 e. The van der Waals surface area contributed by atoms with Gasteiger partial charge in [-0.25, -0.2) is 0 Å². The second kappa shape index (κ2) is 10.5. The Bertz CT molecular complexity index is 1110. The number of phenols is 1. The van der Waals surface area contributed by atoms with Gasteiger partial charge in [-0.2, -0.15) is 0 Å². The number of halogens is 1. The van der Waals surface area contributed by atoms with Gasteiger partial charge in [-0.05, 0) is 92.9 Å². The molecule has 0 fully saturated rings. The molecule has 0 unspecified atom stereocenters. The van der Waals surface area contributed by atoms with Gasteiger partial charge < -0.3 is 5.11 Å². The van der Waals surface area contributed by atoms with Gasteiger partial charge in [0.2, 0.25) is 0 Å². The van der Waals surface area contributed by atoms with E-state index < -0.39 is 0 Å². The highest BCUT2D eigenvalue weighted by Gasteiger charge is 2.25. The lowest BCUT2D eigenvalue weighted by Crippen LogP contribution is -2.41. The molecule has 2 nitrogen and oxygen atoms in total. The Hall–Kier alpha value is -2.29. The first-order chi connectivity index (χ1) is 15.9. The van der Waals surface area contributed by atoms with Crippen molar-refractivity contribution < 1.29 is 5.11 Å². The van der Waals surface area contributed by atoms with E-state index in [-0.39, 0.29) is 11.0 Å². The van der Waals surface area contributed by atoms with E-state index in [4.69, 9.17) is 11.6 Å².